The maximum atomic E-state index is 12.8. The summed E-state index contributed by atoms with van der Waals surface area (Å²) in [7, 11) is 3.72. The summed E-state index contributed by atoms with van der Waals surface area (Å²) in [6.45, 7) is 1.92. The van der Waals surface area contributed by atoms with Gasteiger partial charge in [0.05, 0.1) is 23.9 Å². The highest BCUT2D eigenvalue weighted by Gasteiger charge is 2.30. The van der Waals surface area contributed by atoms with E-state index in [0.29, 0.717) is 17.9 Å². The Morgan fingerprint density at radius 3 is 2.54 bits per heavy atom. The van der Waals surface area contributed by atoms with Gasteiger partial charge in [-0.15, -0.1) is 0 Å². The van der Waals surface area contributed by atoms with E-state index in [0.717, 1.165) is 12.1 Å². The third-order valence-electron chi connectivity index (χ3n) is 4.01. The van der Waals surface area contributed by atoms with E-state index in [1.54, 1.807) is 25.3 Å². The molecule has 142 valence electrons. The molecule has 0 radical (unpaired) electrons. The van der Waals surface area contributed by atoms with Crippen molar-refractivity contribution in [2.75, 3.05) is 20.6 Å². The lowest BCUT2D eigenvalue weighted by Gasteiger charge is -2.23. The summed E-state index contributed by atoms with van der Waals surface area (Å²) in [6, 6.07) is 7.31. The highest BCUT2D eigenvalue weighted by Crippen LogP contribution is 2.30. The second kappa shape index (κ2) is 8.27. The maximum absolute atomic E-state index is 12.8. The molecule has 2 rings (SSSR count). The fourth-order valence-corrected chi connectivity index (χ4v) is 2.52. The van der Waals surface area contributed by atoms with E-state index >= 15 is 0 Å². The number of carbonyl (C=O) groups excluding carboxylic acids is 1. The van der Waals surface area contributed by atoms with E-state index in [-0.39, 0.29) is 6.04 Å². The predicted octanol–water partition coefficient (Wildman–Crippen LogP) is 3.96. The molecular formula is C18H22F3N3O2. The van der Waals surface area contributed by atoms with Crippen molar-refractivity contribution in [3.63, 3.8) is 0 Å². The van der Waals surface area contributed by atoms with Crippen LogP contribution >= 0.6 is 0 Å². The number of rotatable bonds is 6. The van der Waals surface area contributed by atoms with E-state index in [1.807, 2.05) is 25.1 Å². The van der Waals surface area contributed by atoms with Crippen LogP contribution in [0.1, 0.15) is 35.9 Å². The maximum Gasteiger partial charge on any atom is 0.416 e. The first-order valence-corrected chi connectivity index (χ1v) is 8.10. The van der Waals surface area contributed by atoms with Crippen LogP contribution in [0.2, 0.25) is 0 Å². The Labute approximate surface area is 150 Å². The van der Waals surface area contributed by atoms with Gasteiger partial charge in [0.1, 0.15) is 5.76 Å². The molecule has 0 aliphatic carbocycles. The third-order valence-corrected chi connectivity index (χ3v) is 4.01. The molecule has 2 aromatic rings. The topological polar surface area (TPSA) is 57.5 Å². The summed E-state index contributed by atoms with van der Waals surface area (Å²) >= 11 is 0. The number of likely N-dealkylation sites (N-methyl/N-ethyl adjacent to an activating group) is 1. The molecule has 0 saturated heterocycles. The SMILES string of the molecule is CC(NC(=O)NCC(c1ccco1)N(C)C)c1cccc(C(F)(F)F)c1. The van der Waals surface area contributed by atoms with Crippen molar-refractivity contribution in [1.82, 2.24) is 15.5 Å². The minimum Gasteiger partial charge on any atom is -0.468 e. The number of alkyl halides is 3. The van der Waals surface area contributed by atoms with Crippen LogP contribution < -0.4 is 10.6 Å². The van der Waals surface area contributed by atoms with Crippen LogP contribution in [-0.2, 0) is 6.18 Å². The van der Waals surface area contributed by atoms with Crippen molar-refractivity contribution in [1.29, 1.82) is 0 Å². The molecule has 2 N–H and O–H groups in total. The van der Waals surface area contributed by atoms with E-state index in [2.05, 4.69) is 10.6 Å². The van der Waals surface area contributed by atoms with Crippen LogP contribution in [0.3, 0.4) is 0 Å². The first kappa shape index (κ1) is 19.8. The van der Waals surface area contributed by atoms with Gasteiger partial charge in [0, 0.05) is 6.54 Å². The zero-order valence-electron chi connectivity index (χ0n) is 14.8. The van der Waals surface area contributed by atoms with Gasteiger partial charge in [0.2, 0.25) is 0 Å². The predicted molar refractivity (Wildman–Crippen MR) is 91.5 cm³/mol. The lowest BCUT2D eigenvalue weighted by atomic mass is 10.1. The number of amides is 2. The van der Waals surface area contributed by atoms with E-state index in [4.69, 9.17) is 4.42 Å². The molecule has 1 aromatic heterocycles. The molecule has 26 heavy (non-hydrogen) atoms. The minimum absolute atomic E-state index is 0.153. The highest BCUT2D eigenvalue weighted by molar-refractivity contribution is 5.74. The quantitative estimate of drug-likeness (QED) is 0.810. The number of carbonyl (C=O) groups is 1. The third kappa shape index (κ3) is 5.26. The van der Waals surface area contributed by atoms with Crippen molar-refractivity contribution in [3.05, 3.63) is 59.5 Å². The average molecular weight is 369 g/mol. The van der Waals surface area contributed by atoms with Crippen LogP contribution in [0.5, 0.6) is 0 Å². The van der Waals surface area contributed by atoms with E-state index in [1.165, 1.54) is 6.07 Å². The lowest BCUT2D eigenvalue weighted by Crippen LogP contribution is -2.41. The molecule has 0 aliphatic heterocycles. The molecule has 0 bridgehead atoms. The molecule has 0 saturated carbocycles. The van der Waals surface area contributed by atoms with Crippen molar-refractivity contribution in [3.8, 4) is 0 Å². The molecule has 1 aromatic carbocycles. The second-order valence-electron chi connectivity index (χ2n) is 6.19. The standard InChI is InChI=1S/C18H22F3N3O2/c1-12(13-6-4-7-14(10-13)18(19,20)21)23-17(25)22-11-15(24(2)3)16-8-5-9-26-16/h4-10,12,15H,11H2,1-3H3,(H2,22,23,25). The Morgan fingerprint density at radius 1 is 1.23 bits per heavy atom. The smallest absolute Gasteiger partial charge is 0.416 e. The Kier molecular flexibility index (Phi) is 6.31. The van der Waals surface area contributed by atoms with Crippen molar-refractivity contribution < 1.29 is 22.4 Å². The molecule has 2 atom stereocenters. The number of nitrogens with one attached hydrogen (secondary N) is 2. The summed E-state index contributed by atoms with van der Waals surface area (Å²) in [5.41, 5.74) is -0.361. The molecule has 1 heterocycles. The number of hydrogen-bond acceptors (Lipinski definition) is 3. The van der Waals surface area contributed by atoms with Gasteiger partial charge in [-0.05, 0) is 50.8 Å². The van der Waals surface area contributed by atoms with Gasteiger partial charge < -0.3 is 15.1 Å². The minimum atomic E-state index is -4.42. The molecule has 0 aliphatic rings. The van der Waals surface area contributed by atoms with E-state index in [9.17, 15) is 18.0 Å². The summed E-state index contributed by atoms with van der Waals surface area (Å²) < 4.78 is 43.8. The number of benzene rings is 1. The lowest BCUT2D eigenvalue weighted by molar-refractivity contribution is -0.137. The number of hydrogen-bond donors (Lipinski definition) is 2. The first-order chi connectivity index (χ1) is 12.2. The molecule has 0 fully saturated rings. The fraction of sp³-hybridized carbons (Fsp3) is 0.389. The molecule has 8 heteroatoms. The van der Waals surface area contributed by atoms with Crippen LogP contribution in [-0.4, -0.2) is 31.6 Å². The normalized spacial score (nSPS) is 14.1. The Bertz CT molecular complexity index is 715. The monoisotopic (exact) mass is 369 g/mol. The fourth-order valence-electron chi connectivity index (χ4n) is 2.52. The zero-order valence-corrected chi connectivity index (χ0v) is 14.8. The van der Waals surface area contributed by atoms with Gasteiger partial charge in [-0.3, -0.25) is 4.90 Å². The molecule has 5 nitrogen and oxygen atoms in total. The van der Waals surface area contributed by atoms with E-state index < -0.39 is 23.8 Å². The van der Waals surface area contributed by atoms with Gasteiger partial charge in [-0.2, -0.15) is 13.2 Å². The van der Waals surface area contributed by atoms with Crippen molar-refractivity contribution >= 4 is 6.03 Å². The summed E-state index contributed by atoms with van der Waals surface area (Å²) in [5.74, 6) is 0.709. The van der Waals surface area contributed by atoms with Gasteiger partial charge in [-0.1, -0.05) is 12.1 Å². The van der Waals surface area contributed by atoms with Gasteiger partial charge in [0.25, 0.3) is 0 Å². The molecule has 2 amide bonds. The van der Waals surface area contributed by atoms with Crippen molar-refractivity contribution in [2.24, 2.45) is 0 Å². The largest absolute Gasteiger partial charge is 0.468 e. The van der Waals surface area contributed by atoms with Crippen LogP contribution in [0, 0.1) is 0 Å². The number of nitrogens with zero attached hydrogens (tertiary/aromatic N) is 1. The molecule has 2 unspecified atom stereocenters. The number of furan rings is 1. The van der Waals surface area contributed by atoms with Gasteiger partial charge >= 0.3 is 12.2 Å². The second-order valence-corrected chi connectivity index (χ2v) is 6.19. The first-order valence-electron chi connectivity index (χ1n) is 8.10. The zero-order chi connectivity index (χ0) is 19.3. The Morgan fingerprint density at radius 2 is 1.96 bits per heavy atom. The molecule has 0 spiro atoms. The van der Waals surface area contributed by atoms with Gasteiger partial charge in [-0.25, -0.2) is 4.79 Å². The highest BCUT2D eigenvalue weighted by atomic mass is 19.4. The summed E-state index contributed by atoms with van der Waals surface area (Å²) in [4.78, 5) is 14.0. The summed E-state index contributed by atoms with van der Waals surface area (Å²) in [5, 5.41) is 5.37. The number of halogens is 3. The van der Waals surface area contributed by atoms with Crippen LogP contribution in [0.15, 0.2) is 47.1 Å². The van der Waals surface area contributed by atoms with Crippen LogP contribution in [0.4, 0.5) is 18.0 Å². The van der Waals surface area contributed by atoms with Crippen molar-refractivity contribution in [2.45, 2.75) is 25.2 Å². The average Bonchev–Trinajstić information content (AvgIpc) is 3.08. The number of urea groups is 1. The Balaban J connectivity index is 1.95. The summed E-state index contributed by atoms with van der Waals surface area (Å²) in [6.07, 6.45) is -2.86. The van der Waals surface area contributed by atoms with Crippen LogP contribution in [0.25, 0.3) is 0 Å². The van der Waals surface area contributed by atoms with Gasteiger partial charge in [0.15, 0.2) is 0 Å². The Hall–Kier alpha value is -2.48. The molecular weight excluding hydrogens is 347 g/mol.